The first-order valence-corrected chi connectivity index (χ1v) is 9.55. The molecule has 0 bridgehead atoms. The second-order valence-corrected chi connectivity index (χ2v) is 7.72. The highest BCUT2D eigenvalue weighted by molar-refractivity contribution is 7.94. The monoisotopic (exact) mass is 300 g/mol. The lowest BCUT2D eigenvalue weighted by atomic mass is 10.0. The molecule has 0 amide bonds. The first-order chi connectivity index (χ1) is 8.72. The molecule has 1 rings (SSSR count). The zero-order valence-corrected chi connectivity index (χ0v) is 14.3. The van der Waals surface area contributed by atoms with Crippen LogP contribution in [0.4, 0.5) is 0 Å². The molecule has 0 unspecified atom stereocenters. The SMILES string of the molecule is CCCCCCCCc1ccc(C[S+](C)C)cc1.[Cl-]. The minimum Gasteiger partial charge on any atom is -1.00 e. The molecule has 110 valence electrons. The van der Waals surface area contributed by atoms with Gasteiger partial charge in [0.05, 0.1) is 12.5 Å². The van der Waals surface area contributed by atoms with Gasteiger partial charge >= 0.3 is 0 Å². The number of rotatable bonds is 9. The molecule has 0 atom stereocenters. The van der Waals surface area contributed by atoms with Crippen molar-refractivity contribution >= 4 is 10.9 Å². The fraction of sp³-hybridized carbons (Fsp3) is 0.647. The van der Waals surface area contributed by atoms with Gasteiger partial charge in [0, 0.05) is 5.56 Å². The minimum absolute atomic E-state index is 0. The first kappa shape index (κ1) is 18.9. The van der Waals surface area contributed by atoms with Gasteiger partial charge in [0.25, 0.3) is 0 Å². The van der Waals surface area contributed by atoms with Gasteiger partial charge < -0.3 is 12.4 Å². The van der Waals surface area contributed by atoms with Gasteiger partial charge in [0.15, 0.2) is 0 Å². The van der Waals surface area contributed by atoms with Gasteiger partial charge in [0.1, 0.15) is 5.75 Å². The summed E-state index contributed by atoms with van der Waals surface area (Å²) in [5.41, 5.74) is 3.01. The summed E-state index contributed by atoms with van der Waals surface area (Å²) >= 11 is 0. The van der Waals surface area contributed by atoms with E-state index < -0.39 is 0 Å². The van der Waals surface area contributed by atoms with Gasteiger partial charge in [-0.05, 0) is 29.3 Å². The van der Waals surface area contributed by atoms with Crippen LogP contribution < -0.4 is 12.4 Å². The van der Waals surface area contributed by atoms with Crippen molar-refractivity contribution in [3.63, 3.8) is 0 Å². The zero-order valence-electron chi connectivity index (χ0n) is 12.8. The predicted molar refractivity (Wildman–Crippen MR) is 86.4 cm³/mol. The Labute approximate surface area is 129 Å². The number of hydrogen-bond donors (Lipinski definition) is 0. The van der Waals surface area contributed by atoms with E-state index >= 15 is 0 Å². The van der Waals surface area contributed by atoms with Crippen molar-refractivity contribution in [3.8, 4) is 0 Å². The second kappa shape index (κ2) is 11.7. The number of benzene rings is 1. The Morgan fingerprint density at radius 1 is 0.789 bits per heavy atom. The molecular weight excluding hydrogens is 272 g/mol. The Balaban J connectivity index is 0.00000324. The van der Waals surface area contributed by atoms with Crippen LogP contribution in [0.1, 0.15) is 56.6 Å². The van der Waals surface area contributed by atoms with E-state index in [1.54, 1.807) is 0 Å². The summed E-state index contributed by atoms with van der Waals surface area (Å²) in [6, 6.07) is 9.29. The normalized spacial score (nSPS) is 10.5. The summed E-state index contributed by atoms with van der Waals surface area (Å²) < 4.78 is 0. The number of aryl methyl sites for hydroxylation is 1. The van der Waals surface area contributed by atoms with Crippen LogP contribution in [-0.2, 0) is 23.1 Å². The third-order valence-electron chi connectivity index (χ3n) is 3.30. The van der Waals surface area contributed by atoms with Crippen molar-refractivity contribution in [3.05, 3.63) is 35.4 Å². The van der Waals surface area contributed by atoms with Crippen LogP contribution in [0.2, 0.25) is 0 Å². The maximum atomic E-state index is 2.33. The molecule has 0 radical (unpaired) electrons. The highest BCUT2D eigenvalue weighted by atomic mass is 35.5. The van der Waals surface area contributed by atoms with Crippen LogP contribution in [0.15, 0.2) is 24.3 Å². The molecule has 1 aromatic rings. The van der Waals surface area contributed by atoms with Crippen molar-refractivity contribution in [1.29, 1.82) is 0 Å². The van der Waals surface area contributed by atoms with Gasteiger partial charge in [-0.15, -0.1) is 0 Å². The highest BCUT2D eigenvalue weighted by Gasteiger charge is 2.04. The fourth-order valence-corrected chi connectivity index (χ4v) is 3.10. The van der Waals surface area contributed by atoms with E-state index in [1.807, 2.05) is 0 Å². The molecule has 0 aliphatic carbocycles. The third kappa shape index (κ3) is 9.40. The van der Waals surface area contributed by atoms with Crippen molar-refractivity contribution in [2.45, 2.75) is 57.6 Å². The first-order valence-electron chi connectivity index (χ1n) is 7.34. The van der Waals surface area contributed by atoms with Gasteiger partial charge in [-0.3, -0.25) is 0 Å². The molecule has 0 spiro atoms. The quantitative estimate of drug-likeness (QED) is 0.483. The standard InChI is InChI=1S/C17H29S.ClH/c1-4-5-6-7-8-9-10-16-11-13-17(14-12-16)15-18(2)3;/h11-14H,4-10,15H2,1-3H3;1H/q+1;/p-1. The van der Waals surface area contributed by atoms with E-state index in [1.165, 1.54) is 61.8 Å². The molecule has 0 saturated carbocycles. The summed E-state index contributed by atoms with van der Waals surface area (Å²) in [4.78, 5) is 0. The lowest BCUT2D eigenvalue weighted by Crippen LogP contribution is -3.00. The average Bonchev–Trinajstić information content (AvgIpc) is 2.35. The van der Waals surface area contributed by atoms with Crippen LogP contribution in [0.3, 0.4) is 0 Å². The van der Waals surface area contributed by atoms with Crippen molar-refractivity contribution in [1.82, 2.24) is 0 Å². The van der Waals surface area contributed by atoms with Crippen molar-refractivity contribution in [2.24, 2.45) is 0 Å². The molecule has 19 heavy (non-hydrogen) atoms. The van der Waals surface area contributed by atoms with Gasteiger partial charge in [0.2, 0.25) is 0 Å². The Kier molecular flexibility index (Phi) is 11.6. The van der Waals surface area contributed by atoms with E-state index in [4.69, 9.17) is 0 Å². The number of halogens is 1. The molecule has 0 saturated heterocycles. The van der Waals surface area contributed by atoms with E-state index in [0.717, 1.165) is 0 Å². The van der Waals surface area contributed by atoms with Crippen LogP contribution in [0.5, 0.6) is 0 Å². The minimum atomic E-state index is 0. The molecule has 0 aliphatic rings. The molecule has 0 N–H and O–H groups in total. The summed E-state index contributed by atoms with van der Waals surface area (Å²) in [6.45, 7) is 2.28. The van der Waals surface area contributed by atoms with E-state index in [2.05, 4.69) is 43.7 Å². The van der Waals surface area contributed by atoms with E-state index in [-0.39, 0.29) is 12.4 Å². The van der Waals surface area contributed by atoms with E-state index in [0.29, 0.717) is 10.9 Å². The lowest BCUT2D eigenvalue weighted by Gasteiger charge is -2.04. The van der Waals surface area contributed by atoms with Crippen LogP contribution in [0.25, 0.3) is 0 Å². The van der Waals surface area contributed by atoms with Crippen LogP contribution >= 0.6 is 0 Å². The molecular formula is C17H29ClS. The largest absolute Gasteiger partial charge is 1.00 e. The number of unbranched alkanes of at least 4 members (excludes halogenated alkanes) is 5. The fourth-order valence-electron chi connectivity index (χ4n) is 2.24. The second-order valence-electron chi connectivity index (χ2n) is 5.46. The van der Waals surface area contributed by atoms with Crippen molar-refractivity contribution in [2.75, 3.05) is 12.5 Å². The highest BCUT2D eigenvalue weighted by Crippen LogP contribution is 2.12. The Morgan fingerprint density at radius 3 is 1.89 bits per heavy atom. The number of hydrogen-bond acceptors (Lipinski definition) is 0. The maximum absolute atomic E-state index is 2.33. The zero-order chi connectivity index (χ0) is 13.2. The van der Waals surface area contributed by atoms with E-state index in [9.17, 15) is 0 Å². The molecule has 0 heterocycles. The molecule has 0 aliphatic heterocycles. The van der Waals surface area contributed by atoms with Crippen molar-refractivity contribution < 1.29 is 12.4 Å². The molecule has 0 fully saturated rings. The summed E-state index contributed by atoms with van der Waals surface area (Å²) in [7, 11) is 0.517. The maximum Gasteiger partial charge on any atom is 0.132 e. The molecule has 2 heteroatoms. The molecule has 1 aromatic carbocycles. The summed E-state index contributed by atoms with van der Waals surface area (Å²) in [5, 5.41) is 0. The summed E-state index contributed by atoms with van der Waals surface area (Å²) in [6.07, 6.45) is 14.2. The Bertz CT molecular complexity index is 306. The predicted octanol–water partition coefficient (Wildman–Crippen LogP) is 1.97. The van der Waals surface area contributed by atoms with Gasteiger partial charge in [-0.2, -0.15) is 0 Å². The average molecular weight is 301 g/mol. The Hall–Kier alpha value is -0.140. The Morgan fingerprint density at radius 2 is 1.32 bits per heavy atom. The summed E-state index contributed by atoms with van der Waals surface area (Å²) in [5.74, 6) is 1.23. The smallest absolute Gasteiger partial charge is 0.132 e. The third-order valence-corrected chi connectivity index (χ3v) is 4.21. The molecule has 0 aromatic heterocycles. The molecule has 0 nitrogen and oxygen atoms in total. The van der Waals surface area contributed by atoms with Gasteiger partial charge in [-0.25, -0.2) is 0 Å². The topological polar surface area (TPSA) is 0 Å². The van der Waals surface area contributed by atoms with Crippen LogP contribution in [0, 0.1) is 0 Å². The van der Waals surface area contributed by atoms with Gasteiger partial charge in [-0.1, -0.05) is 63.3 Å². The van der Waals surface area contributed by atoms with Crippen LogP contribution in [-0.4, -0.2) is 12.5 Å². The lowest BCUT2D eigenvalue weighted by molar-refractivity contribution is -0.00000404.